The van der Waals surface area contributed by atoms with Crippen LogP contribution < -0.4 is 5.73 Å². The third-order valence-electron chi connectivity index (χ3n) is 3.93. The van der Waals surface area contributed by atoms with Gasteiger partial charge in [-0.15, -0.1) is 0 Å². The summed E-state index contributed by atoms with van der Waals surface area (Å²) in [7, 11) is 0. The number of hydrogen-bond acceptors (Lipinski definition) is 4. The lowest BCUT2D eigenvalue weighted by molar-refractivity contribution is -0.114. The van der Waals surface area contributed by atoms with Crippen LogP contribution in [-0.4, -0.2) is 16.5 Å². The Balaban J connectivity index is 2.25. The van der Waals surface area contributed by atoms with E-state index in [0.29, 0.717) is 44.9 Å². The van der Waals surface area contributed by atoms with E-state index in [1.165, 1.54) is 0 Å². The number of nitrogens with two attached hydrogens (primary N) is 1. The lowest BCUT2D eigenvalue weighted by atomic mass is 9.86. The topological polar surface area (TPSA) is 68.3 Å². The summed E-state index contributed by atoms with van der Waals surface area (Å²) in [4.78, 5) is 21.8. The van der Waals surface area contributed by atoms with E-state index in [9.17, 15) is 4.79 Å². The number of Topliss-reactive ketones (excluding diaryl/α,β-unsaturated/α-hetero) is 1. The maximum Gasteiger partial charge on any atom is 0.190 e. The molecule has 3 rings (SSSR count). The van der Waals surface area contributed by atoms with Gasteiger partial charge in [-0.05, 0) is 43.2 Å². The molecule has 0 spiro atoms. The van der Waals surface area contributed by atoms with Crippen molar-refractivity contribution in [2.45, 2.75) is 26.2 Å². The van der Waals surface area contributed by atoms with Crippen LogP contribution in [0.2, 0.25) is 10.0 Å². The largest absolute Gasteiger partial charge is 0.384 e. The molecule has 1 aliphatic heterocycles. The zero-order valence-corrected chi connectivity index (χ0v) is 14.2. The summed E-state index contributed by atoms with van der Waals surface area (Å²) in [5.41, 5.74) is 8.99. The Hall–Kier alpha value is -1.91. The Labute approximate surface area is 144 Å². The molecule has 2 aromatic rings. The maximum absolute atomic E-state index is 12.9. The van der Waals surface area contributed by atoms with E-state index in [2.05, 4.69) is 9.98 Å². The average Bonchev–Trinajstić information content (AvgIpc) is 2.47. The molecule has 4 nitrogen and oxygen atoms in total. The highest BCUT2D eigenvalue weighted by atomic mass is 35.5. The second kappa shape index (κ2) is 5.95. The Morgan fingerprint density at radius 1 is 1.26 bits per heavy atom. The van der Waals surface area contributed by atoms with Gasteiger partial charge in [0.1, 0.15) is 11.5 Å². The highest BCUT2D eigenvalue weighted by Crippen LogP contribution is 2.38. The lowest BCUT2D eigenvalue weighted by Crippen LogP contribution is -2.27. The monoisotopic (exact) mass is 347 g/mol. The fourth-order valence-corrected chi connectivity index (χ4v) is 3.31. The molecule has 0 fully saturated rings. The molecule has 1 aromatic heterocycles. The Bertz CT molecular complexity index is 846. The maximum atomic E-state index is 12.9. The van der Waals surface area contributed by atoms with Crippen molar-refractivity contribution >= 4 is 46.2 Å². The fourth-order valence-electron chi connectivity index (χ4n) is 2.81. The molecular formula is C17H15Cl2N3O. The molecular weight excluding hydrogens is 333 g/mol. The van der Waals surface area contributed by atoms with Crippen molar-refractivity contribution in [1.82, 2.24) is 4.98 Å². The first-order valence-corrected chi connectivity index (χ1v) is 8.03. The number of ketones is 1. The molecule has 0 saturated heterocycles. The number of aliphatic imine (C=N–C) groups is 1. The highest BCUT2D eigenvalue weighted by Gasteiger charge is 2.33. The number of aryl methyl sites for hydroxylation is 1. The molecule has 0 bridgehead atoms. The number of carbonyl (C=O) groups is 1. The summed E-state index contributed by atoms with van der Waals surface area (Å²) >= 11 is 12.2. The number of aromatic nitrogens is 1. The Morgan fingerprint density at radius 2 is 2.00 bits per heavy atom. The number of anilines is 1. The molecule has 0 radical (unpaired) electrons. The number of benzene rings is 1. The lowest BCUT2D eigenvalue weighted by Gasteiger charge is -2.23. The predicted molar refractivity (Wildman–Crippen MR) is 94.1 cm³/mol. The van der Waals surface area contributed by atoms with E-state index < -0.39 is 0 Å². The Kier molecular flexibility index (Phi) is 4.13. The van der Waals surface area contributed by atoms with E-state index >= 15 is 0 Å². The number of carbonyl (C=O) groups excluding carboxylic acids is 1. The number of pyridine rings is 1. The molecule has 0 saturated carbocycles. The van der Waals surface area contributed by atoms with Crippen LogP contribution in [0.1, 0.15) is 36.1 Å². The van der Waals surface area contributed by atoms with Crippen molar-refractivity contribution in [3.05, 3.63) is 51.1 Å². The minimum atomic E-state index is -0.369. The molecule has 6 heteroatoms. The minimum absolute atomic E-state index is 0.0956. The average molecular weight is 348 g/mol. The first kappa shape index (κ1) is 16.0. The van der Waals surface area contributed by atoms with Gasteiger partial charge in [0, 0.05) is 10.6 Å². The van der Waals surface area contributed by atoms with Crippen molar-refractivity contribution in [3.8, 4) is 0 Å². The van der Waals surface area contributed by atoms with Gasteiger partial charge in [-0.3, -0.25) is 4.79 Å². The number of rotatable bonds is 2. The van der Waals surface area contributed by atoms with Gasteiger partial charge in [-0.1, -0.05) is 30.1 Å². The van der Waals surface area contributed by atoms with Crippen molar-refractivity contribution in [3.63, 3.8) is 0 Å². The third-order valence-corrected chi connectivity index (χ3v) is 4.48. The molecule has 118 valence electrons. The number of fused-ring (bicyclic) bond motifs is 1. The molecule has 1 aliphatic rings. The van der Waals surface area contributed by atoms with Crippen molar-refractivity contribution in [1.29, 1.82) is 0 Å². The smallest absolute Gasteiger partial charge is 0.190 e. The van der Waals surface area contributed by atoms with E-state index in [1.54, 1.807) is 24.3 Å². The molecule has 0 amide bonds. The zero-order valence-electron chi connectivity index (χ0n) is 12.7. The summed E-state index contributed by atoms with van der Waals surface area (Å²) in [5, 5.41) is 0.921. The van der Waals surface area contributed by atoms with Crippen LogP contribution in [0.15, 0.2) is 29.3 Å². The van der Waals surface area contributed by atoms with Crippen LogP contribution in [0.25, 0.3) is 0 Å². The van der Waals surface area contributed by atoms with Gasteiger partial charge < -0.3 is 5.73 Å². The van der Waals surface area contributed by atoms with E-state index in [4.69, 9.17) is 28.9 Å². The summed E-state index contributed by atoms with van der Waals surface area (Å²) in [5.74, 6) is -0.0659. The summed E-state index contributed by atoms with van der Waals surface area (Å²) in [6.07, 6.45) is 0.617. The second-order valence-corrected chi connectivity index (χ2v) is 6.35. The molecule has 1 aromatic carbocycles. The molecule has 0 aliphatic carbocycles. The van der Waals surface area contributed by atoms with Crippen LogP contribution in [0.3, 0.4) is 0 Å². The van der Waals surface area contributed by atoms with Gasteiger partial charge in [-0.25, -0.2) is 9.98 Å². The van der Waals surface area contributed by atoms with Crippen LogP contribution in [0, 0.1) is 6.92 Å². The van der Waals surface area contributed by atoms with Crippen molar-refractivity contribution < 1.29 is 4.79 Å². The zero-order chi connectivity index (χ0) is 16.7. The van der Waals surface area contributed by atoms with Crippen LogP contribution in [-0.2, 0) is 4.79 Å². The predicted octanol–water partition coefficient (Wildman–Crippen LogP) is 4.48. The normalized spacial score (nSPS) is 17.0. The molecule has 1 atom stereocenters. The second-order valence-electron chi connectivity index (χ2n) is 5.51. The molecule has 2 heterocycles. The number of nitrogens with zero attached hydrogens (tertiary/aromatic N) is 2. The van der Waals surface area contributed by atoms with E-state index in [1.807, 2.05) is 13.8 Å². The number of hydrogen-bond donors (Lipinski definition) is 1. The number of halogens is 2. The molecule has 2 N–H and O–H groups in total. The summed E-state index contributed by atoms with van der Waals surface area (Å²) in [6.45, 7) is 3.85. The first-order valence-electron chi connectivity index (χ1n) is 7.27. The first-order chi connectivity index (χ1) is 10.9. The van der Waals surface area contributed by atoms with Gasteiger partial charge >= 0.3 is 0 Å². The van der Waals surface area contributed by atoms with E-state index in [-0.39, 0.29) is 11.7 Å². The summed E-state index contributed by atoms with van der Waals surface area (Å²) in [6, 6.07) is 6.78. The minimum Gasteiger partial charge on any atom is -0.384 e. The van der Waals surface area contributed by atoms with Crippen LogP contribution in [0.5, 0.6) is 0 Å². The van der Waals surface area contributed by atoms with Crippen molar-refractivity contribution in [2.75, 3.05) is 5.73 Å². The molecule has 23 heavy (non-hydrogen) atoms. The highest BCUT2D eigenvalue weighted by molar-refractivity contribution is 6.52. The third kappa shape index (κ3) is 2.73. The van der Waals surface area contributed by atoms with Gasteiger partial charge in [0.2, 0.25) is 0 Å². The quantitative estimate of drug-likeness (QED) is 0.870. The van der Waals surface area contributed by atoms with Gasteiger partial charge in [0.15, 0.2) is 5.78 Å². The van der Waals surface area contributed by atoms with Crippen molar-refractivity contribution in [2.24, 2.45) is 4.99 Å². The Morgan fingerprint density at radius 3 is 2.65 bits per heavy atom. The summed E-state index contributed by atoms with van der Waals surface area (Å²) < 4.78 is 0. The van der Waals surface area contributed by atoms with E-state index in [0.717, 1.165) is 5.56 Å². The van der Waals surface area contributed by atoms with Crippen LogP contribution >= 0.6 is 23.2 Å². The van der Waals surface area contributed by atoms with Crippen LogP contribution in [0.4, 0.5) is 11.5 Å². The molecule has 1 unspecified atom stereocenters. The number of nitrogen functional groups attached to an aromatic ring is 1. The SMILES string of the molecule is CCC1C(=O)C(c2ccc(Cl)cc2Cl)=Nc2c(C)cc(N)nc21. The standard InChI is InChI=1S/C17H15Cl2N3O/c1-3-10-15-14(8(2)6-13(20)21-15)22-16(17(10)23)11-5-4-9(18)7-12(11)19/h4-7,10H,3H2,1-2H3,(H2,20,21). The fraction of sp³-hybridized carbons (Fsp3) is 0.235. The van der Waals surface area contributed by atoms with Gasteiger partial charge in [0.25, 0.3) is 0 Å². The van der Waals surface area contributed by atoms with Gasteiger partial charge in [0.05, 0.1) is 22.3 Å². The van der Waals surface area contributed by atoms with Gasteiger partial charge in [-0.2, -0.15) is 0 Å².